The van der Waals surface area contributed by atoms with Crippen LogP contribution in [0.1, 0.15) is 21.7 Å². The summed E-state index contributed by atoms with van der Waals surface area (Å²) in [4.78, 5) is 11.1. The van der Waals surface area contributed by atoms with Gasteiger partial charge in [0.25, 0.3) is 5.91 Å². The largest absolute Gasteiger partial charge is 0.395 e. The Balaban J connectivity index is 2.34. The highest BCUT2D eigenvalue weighted by molar-refractivity contribution is 5.96. The molecular weight excluding hydrogens is 216 g/mol. The zero-order valence-corrected chi connectivity index (χ0v) is 9.55. The molecule has 2 aromatic rings. The van der Waals surface area contributed by atoms with Crippen molar-refractivity contribution < 1.29 is 4.79 Å². The van der Waals surface area contributed by atoms with Crippen molar-refractivity contribution in [2.24, 2.45) is 5.73 Å². The third-order valence-corrected chi connectivity index (χ3v) is 2.66. The molecule has 4 N–H and O–H groups in total. The molecule has 5 heteroatoms. The molecule has 0 atom stereocenters. The van der Waals surface area contributed by atoms with E-state index in [1.165, 1.54) is 0 Å². The minimum Gasteiger partial charge on any atom is -0.395 e. The van der Waals surface area contributed by atoms with Gasteiger partial charge in [-0.2, -0.15) is 5.10 Å². The van der Waals surface area contributed by atoms with Crippen LogP contribution in [-0.4, -0.2) is 15.7 Å². The summed E-state index contributed by atoms with van der Waals surface area (Å²) in [6, 6.07) is 9.82. The minimum atomic E-state index is -0.600. The lowest BCUT2D eigenvalue weighted by molar-refractivity contribution is 0.0995. The van der Waals surface area contributed by atoms with Crippen molar-refractivity contribution in [1.29, 1.82) is 0 Å². The van der Waals surface area contributed by atoms with Gasteiger partial charge in [-0.1, -0.05) is 30.3 Å². The molecule has 0 unspecified atom stereocenters. The lowest BCUT2D eigenvalue weighted by Gasteiger charge is -2.03. The van der Waals surface area contributed by atoms with E-state index in [0.29, 0.717) is 12.2 Å². The number of nitrogens with zero attached hydrogens (tertiary/aromatic N) is 2. The second-order valence-corrected chi connectivity index (χ2v) is 3.86. The van der Waals surface area contributed by atoms with Crippen LogP contribution in [-0.2, 0) is 6.54 Å². The Morgan fingerprint density at radius 2 is 2.00 bits per heavy atom. The first-order valence-electron chi connectivity index (χ1n) is 5.26. The first kappa shape index (κ1) is 11.2. The number of primary amides is 1. The Hall–Kier alpha value is -2.30. The van der Waals surface area contributed by atoms with E-state index in [0.717, 1.165) is 11.3 Å². The molecule has 5 nitrogen and oxygen atoms in total. The topological polar surface area (TPSA) is 86.9 Å². The average molecular weight is 230 g/mol. The molecule has 1 aromatic heterocycles. The van der Waals surface area contributed by atoms with Gasteiger partial charge in [0.2, 0.25) is 0 Å². The number of benzene rings is 1. The molecule has 1 amide bonds. The summed E-state index contributed by atoms with van der Waals surface area (Å²) >= 11 is 0. The van der Waals surface area contributed by atoms with Crippen molar-refractivity contribution in [2.45, 2.75) is 13.5 Å². The second kappa shape index (κ2) is 4.29. The number of carbonyl (C=O) groups is 1. The fourth-order valence-electron chi connectivity index (χ4n) is 1.65. The third-order valence-electron chi connectivity index (χ3n) is 2.66. The van der Waals surface area contributed by atoms with Crippen LogP contribution in [0.5, 0.6) is 0 Å². The molecule has 1 heterocycles. The van der Waals surface area contributed by atoms with Gasteiger partial charge in [-0.25, -0.2) is 0 Å². The Bertz CT molecular complexity index is 545. The van der Waals surface area contributed by atoms with Gasteiger partial charge in [-0.15, -0.1) is 0 Å². The van der Waals surface area contributed by atoms with Gasteiger partial charge < -0.3 is 11.5 Å². The molecule has 17 heavy (non-hydrogen) atoms. The Morgan fingerprint density at radius 1 is 1.35 bits per heavy atom. The molecule has 1 aromatic carbocycles. The van der Waals surface area contributed by atoms with Crippen LogP contribution < -0.4 is 11.5 Å². The number of carbonyl (C=O) groups excluding carboxylic acids is 1. The molecule has 2 rings (SSSR count). The average Bonchev–Trinajstić information content (AvgIpc) is 2.59. The summed E-state index contributed by atoms with van der Waals surface area (Å²) in [6.07, 6.45) is 0. The molecule has 88 valence electrons. The SMILES string of the molecule is Cc1c(N)c(C(N)=O)nn1Cc1ccccc1. The first-order chi connectivity index (χ1) is 8.09. The molecule has 0 saturated heterocycles. The van der Waals surface area contributed by atoms with Crippen LogP contribution in [0, 0.1) is 6.92 Å². The molecular formula is C12H14N4O. The van der Waals surface area contributed by atoms with Crippen molar-refractivity contribution in [3.05, 3.63) is 47.3 Å². The predicted molar refractivity (Wildman–Crippen MR) is 65.4 cm³/mol. The maximum absolute atomic E-state index is 11.1. The summed E-state index contributed by atoms with van der Waals surface area (Å²) in [6.45, 7) is 2.39. The number of hydrogen-bond acceptors (Lipinski definition) is 3. The predicted octanol–water partition coefficient (Wildman–Crippen LogP) is 0.921. The number of nitrogens with two attached hydrogens (primary N) is 2. The molecule has 0 saturated carbocycles. The van der Waals surface area contributed by atoms with E-state index in [4.69, 9.17) is 11.5 Å². The Labute approximate surface area is 99.0 Å². The summed E-state index contributed by atoms with van der Waals surface area (Å²) < 4.78 is 1.69. The molecule has 0 bridgehead atoms. The van der Waals surface area contributed by atoms with Gasteiger partial charge in [-0.05, 0) is 12.5 Å². The van der Waals surface area contributed by atoms with Crippen LogP contribution in [0.15, 0.2) is 30.3 Å². The zero-order valence-electron chi connectivity index (χ0n) is 9.55. The maximum Gasteiger partial charge on any atom is 0.271 e. The van der Waals surface area contributed by atoms with E-state index >= 15 is 0 Å². The van der Waals surface area contributed by atoms with Crippen LogP contribution >= 0.6 is 0 Å². The van der Waals surface area contributed by atoms with Crippen molar-refractivity contribution in [1.82, 2.24) is 9.78 Å². The highest BCUT2D eigenvalue weighted by Crippen LogP contribution is 2.16. The highest BCUT2D eigenvalue weighted by atomic mass is 16.1. The first-order valence-corrected chi connectivity index (χ1v) is 5.26. The van der Waals surface area contributed by atoms with Crippen LogP contribution in [0.3, 0.4) is 0 Å². The minimum absolute atomic E-state index is 0.137. The molecule has 0 spiro atoms. The fourth-order valence-corrected chi connectivity index (χ4v) is 1.65. The number of hydrogen-bond donors (Lipinski definition) is 2. The summed E-state index contributed by atoms with van der Waals surface area (Å²) in [5.41, 5.74) is 13.3. The fraction of sp³-hybridized carbons (Fsp3) is 0.167. The third kappa shape index (κ3) is 2.13. The smallest absolute Gasteiger partial charge is 0.271 e. The van der Waals surface area contributed by atoms with E-state index in [9.17, 15) is 4.79 Å². The van der Waals surface area contributed by atoms with Gasteiger partial charge in [0, 0.05) is 0 Å². The van der Waals surface area contributed by atoms with Gasteiger partial charge >= 0.3 is 0 Å². The molecule has 0 radical (unpaired) electrons. The molecule has 0 fully saturated rings. The summed E-state index contributed by atoms with van der Waals surface area (Å²) in [5, 5.41) is 4.12. The highest BCUT2D eigenvalue weighted by Gasteiger charge is 2.15. The molecule has 0 aliphatic rings. The molecule has 0 aliphatic heterocycles. The number of amides is 1. The van der Waals surface area contributed by atoms with E-state index in [-0.39, 0.29) is 5.69 Å². The van der Waals surface area contributed by atoms with E-state index in [1.54, 1.807) is 4.68 Å². The van der Waals surface area contributed by atoms with Crippen molar-refractivity contribution in [3.8, 4) is 0 Å². The van der Waals surface area contributed by atoms with Gasteiger partial charge in [0.15, 0.2) is 5.69 Å². The Morgan fingerprint density at radius 3 is 2.53 bits per heavy atom. The normalized spacial score (nSPS) is 10.4. The zero-order chi connectivity index (χ0) is 12.4. The lowest BCUT2D eigenvalue weighted by atomic mass is 10.2. The lowest BCUT2D eigenvalue weighted by Crippen LogP contribution is -2.14. The van der Waals surface area contributed by atoms with Gasteiger partial charge in [0.05, 0.1) is 17.9 Å². The maximum atomic E-state index is 11.1. The van der Waals surface area contributed by atoms with Crippen LogP contribution in [0.4, 0.5) is 5.69 Å². The van der Waals surface area contributed by atoms with Crippen LogP contribution in [0.25, 0.3) is 0 Å². The van der Waals surface area contributed by atoms with Gasteiger partial charge in [-0.3, -0.25) is 9.48 Å². The number of nitrogen functional groups attached to an aromatic ring is 1. The van der Waals surface area contributed by atoms with Crippen molar-refractivity contribution in [2.75, 3.05) is 5.73 Å². The summed E-state index contributed by atoms with van der Waals surface area (Å²) in [5.74, 6) is -0.600. The number of aromatic nitrogens is 2. The van der Waals surface area contributed by atoms with E-state index in [2.05, 4.69) is 5.10 Å². The number of rotatable bonds is 3. The van der Waals surface area contributed by atoms with E-state index in [1.807, 2.05) is 37.3 Å². The van der Waals surface area contributed by atoms with Crippen molar-refractivity contribution >= 4 is 11.6 Å². The van der Waals surface area contributed by atoms with Gasteiger partial charge in [0.1, 0.15) is 0 Å². The monoisotopic (exact) mass is 230 g/mol. The van der Waals surface area contributed by atoms with E-state index < -0.39 is 5.91 Å². The second-order valence-electron chi connectivity index (χ2n) is 3.86. The molecule has 0 aliphatic carbocycles. The Kier molecular flexibility index (Phi) is 2.82. The standard InChI is InChI=1S/C12H14N4O/c1-8-10(13)11(12(14)17)15-16(8)7-9-5-3-2-4-6-9/h2-6H,7,13H2,1H3,(H2,14,17). The van der Waals surface area contributed by atoms with Crippen LogP contribution in [0.2, 0.25) is 0 Å². The quantitative estimate of drug-likeness (QED) is 0.822. The number of anilines is 1. The summed E-state index contributed by atoms with van der Waals surface area (Å²) in [7, 11) is 0. The van der Waals surface area contributed by atoms with Crippen molar-refractivity contribution in [3.63, 3.8) is 0 Å².